The molecule has 0 amide bonds. The van der Waals surface area contributed by atoms with E-state index < -0.39 is 28.8 Å². The Morgan fingerprint density at radius 3 is 1.85 bits per heavy atom. The molecular weight excluding hydrogens is 436 g/mol. The average molecular weight is 454 g/mol. The molecule has 0 atom stereocenters. The summed E-state index contributed by atoms with van der Waals surface area (Å²) in [5.74, 6) is -3.13. The molecule has 0 aliphatic heterocycles. The van der Waals surface area contributed by atoms with Crippen LogP contribution in [-0.2, 0) is 0 Å². The summed E-state index contributed by atoms with van der Waals surface area (Å²) in [7, 11) is 2.90. The van der Waals surface area contributed by atoms with Crippen LogP contribution in [0.1, 0.15) is 5.69 Å². The van der Waals surface area contributed by atoms with Crippen molar-refractivity contribution in [1.82, 2.24) is 10.2 Å². The van der Waals surface area contributed by atoms with Gasteiger partial charge >= 0.3 is 0 Å². The molecule has 0 aliphatic carbocycles. The predicted octanol–water partition coefficient (Wildman–Crippen LogP) is 6.36. The van der Waals surface area contributed by atoms with Crippen LogP contribution in [0.25, 0.3) is 33.5 Å². The average Bonchev–Trinajstić information content (AvgIpc) is 2.79. The van der Waals surface area contributed by atoms with E-state index in [1.807, 2.05) is 0 Å². The van der Waals surface area contributed by atoms with Crippen molar-refractivity contribution in [3.63, 3.8) is 0 Å². The molecule has 0 unspecified atom stereocenters. The van der Waals surface area contributed by atoms with E-state index in [-0.39, 0.29) is 28.1 Å². The molecule has 1 heterocycles. The van der Waals surface area contributed by atoms with Gasteiger partial charge in [0, 0.05) is 34.9 Å². The standard InChI is InChI=1S/C25H18F4N2O2/c1-13-22(24-20(28)10-15(26)11-21(24)29)23(14-8-16(32-2)12-17(9-14)33-3)25(31-30-13)18-6-4-5-7-19(18)27/h4-12H,1-3H3. The third-order valence-corrected chi connectivity index (χ3v) is 5.17. The maximum Gasteiger partial charge on any atom is 0.136 e. The molecule has 4 nitrogen and oxygen atoms in total. The zero-order valence-corrected chi connectivity index (χ0v) is 17.9. The second-order valence-electron chi connectivity index (χ2n) is 7.21. The molecule has 0 aliphatic rings. The molecule has 8 heteroatoms. The summed E-state index contributed by atoms with van der Waals surface area (Å²) < 4.78 is 69.0. The van der Waals surface area contributed by atoms with Gasteiger partial charge in [0.05, 0.1) is 25.5 Å². The summed E-state index contributed by atoms with van der Waals surface area (Å²) in [5, 5.41) is 8.21. The van der Waals surface area contributed by atoms with Gasteiger partial charge in [0.25, 0.3) is 0 Å². The Morgan fingerprint density at radius 2 is 1.27 bits per heavy atom. The number of rotatable bonds is 5. The summed E-state index contributed by atoms with van der Waals surface area (Å²) in [6.07, 6.45) is 0. The van der Waals surface area contributed by atoms with Crippen molar-refractivity contribution in [2.24, 2.45) is 0 Å². The predicted molar refractivity (Wildman–Crippen MR) is 116 cm³/mol. The summed E-state index contributed by atoms with van der Waals surface area (Å²) in [6, 6.07) is 11.8. The molecule has 168 valence electrons. The fraction of sp³-hybridized carbons (Fsp3) is 0.120. The number of benzene rings is 3. The van der Waals surface area contributed by atoms with Crippen molar-refractivity contribution in [1.29, 1.82) is 0 Å². The minimum absolute atomic E-state index is 0.00793. The largest absolute Gasteiger partial charge is 0.497 e. The van der Waals surface area contributed by atoms with Crippen LogP contribution in [0.3, 0.4) is 0 Å². The number of methoxy groups -OCH3 is 2. The zero-order chi connectivity index (χ0) is 23.7. The van der Waals surface area contributed by atoms with Crippen molar-refractivity contribution in [2.75, 3.05) is 14.2 Å². The first kappa shape index (κ1) is 22.3. The van der Waals surface area contributed by atoms with Gasteiger partial charge in [-0.2, -0.15) is 5.10 Å². The Hall–Kier alpha value is -3.94. The molecule has 0 saturated carbocycles. The van der Waals surface area contributed by atoms with Crippen LogP contribution in [0.4, 0.5) is 17.6 Å². The minimum atomic E-state index is -1.13. The summed E-state index contributed by atoms with van der Waals surface area (Å²) in [4.78, 5) is 0. The van der Waals surface area contributed by atoms with Crippen molar-refractivity contribution in [3.05, 3.63) is 83.6 Å². The van der Waals surface area contributed by atoms with Crippen LogP contribution >= 0.6 is 0 Å². The molecule has 4 aromatic rings. The maximum absolute atomic E-state index is 14.9. The molecule has 4 rings (SSSR count). The van der Waals surface area contributed by atoms with E-state index in [1.165, 1.54) is 39.3 Å². The minimum Gasteiger partial charge on any atom is -0.497 e. The lowest BCUT2D eigenvalue weighted by atomic mass is 9.89. The highest BCUT2D eigenvalue weighted by Crippen LogP contribution is 2.44. The molecule has 0 bridgehead atoms. The topological polar surface area (TPSA) is 44.2 Å². The van der Waals surface area contributed by atoms with Gasteiger partial charge in [-0.15, -0.1) is 5.10 Å². The van der Waals surface area contributed by atoms with Crippen molar-refractivity contribution in [3.8, 4) is 45.0 Å². The molecule has 0 spiro atoms. The summed E-state index contributed by atoms with van der Waals surface area (Å²) >= 11 is 0. The van der Waals surface area contributed by atoms with E-state index in [4.69, 9.17) is 9.47 Å². The van der Waals surface area contributed by atoms with Gasteiger partial charge in [0.1, 0.15) is 40.5 Å². The Morgan fingerprint density at radius 1 is 0.667 bits per heavy atom. The Labute approximate surface area is 187 Å². The highest BCUT2D eigenvalue weighted by Gasteiger charge is 2.26. The van der Waals surface area contributed by atoms with Gasteiger partial charge < -0.3 is 9.47 Å². The number of hydrogen-bond acceptors (Lipinski definition) is 4. The summed E-state index contributed by atoms with van der Waals surface area (Å²) in [5.41, 5.74) is 0.371. The van der Waals surface area contributed by atoms with Crippen LogP contribution in [0.15, 0.2) is 54.6 Å². The Bertz CT molecular complexity index is 1310. The lowest BCUT2D eigenvalue weighted by molar-refractivity contribution is 0.394. The van der Waals surface area contributed by atoms with E-state index >= 15 is 0 Å². The Kier molecular flexibility index (Phi) is 6.00. The number of halogens is 4. The van der Waals surface area contributed by atoms with E-state index in [0.29, 0.717) is 29.2 Å². The van der Waals surface area contributed by atoms with Gasteiger partial charge in [-0.25, -0.2) is 17.6 Å². The number of hydrogen-bond donors (Lipinski definition) is 0. The van der Waals surface area contributed by atoms with Gasteiger partial charge in [0.2, 0.25) is 0 Å². The van der Waals surface area contributed by atoms with Crippen LogP contribution in [0.2, 0.25) is 0 Å². The lowest BCUT2D eigenvalue weighted by Gasteiger charge is -2.19. The lowest BCUT2D eigenvalue weighted by Crippen LogP contribution is -2.04. The molecule has 33 heavy (non-hydrogen) atoms. The number of ether oxygens (including phenoxy) is 2. The van der Waals surface area contributed by atoms with Crippen LogP contribution in [0, 0.1) is 30.2 Å². The highest BCUT2D eigenvalue weighted by atomic mass is 19.1. The summed E-state index contributed by atoms with van der Waals surface area (Å²) in [6.45, 7) is 1.51. The van der Waals surface area contributed by atoms with Crippen LogP contribution in [0.5, 0.6) is 11.5 Å². The zero-order valence-electron chi connectivity index (χ0n) is 17.9. The molecule has 0 N–H and O–H groups in total. The first-order valence-electron chi connectivity index (χ1n) is 9.84. The van der Waals surface area contributed by atoms with Gasteiger partial charge in [-0.05, 0) is 36.8 Å². The highest BCUT2D eigenvalue weighted by molar-refractivity contribution is 5.94. The van der Waals surface area contributed by atoms with E-state index in [2.05, 4.69) is 10.2 Å². The molecule has 0 radical (unpaired) electrons. The fourth-order valence-electron chi connectivity index (χ4n) is 3.69. The third kappa shape index (κ3) is 4.11. The first-order chi connectivity index (χ1) is 15.8. The van der Waals surface area contributed by atoms with Gasteiger partial charge in [-0.3, -0.25) is 0 Å². The van der Waals surface area contributed by atoms with Crippen LogP contribution in [-0.4, -0.2) is 24.4 Å². The molecular formula is C25H18F4N2O2. The molecule has 1 aromatic heterocycles. The second kappa shape index (κ2) is 8.90. The fourth-order valence-corrected chi connectivity index (χ4v) is 3.69. The quantitative estimate of drug-likeness (QED) is 0.329. The van der Waals surface area contributed by atoms with Crippen molar-refractivity contribution in [2.45, 2.75) is 6.92 Å². The normalized spacial score (nSPS) is 10.9. The molecule has 0 saturated heterocycles. The first-order valence-corrected chi connectivity index (χ1v) is 9.84. The van der Waals surface area contributed by atoms with Crippen molar-refractivity contribution >= 4 is 0 Å². The molecule has 0 fully saturated rings. The van der Waals surface area contributed by atoms with Gasteiger partial charge in [0.15, 0.2) is 0 Å². The maximum atomic E-state index is 14.9. The Balaban J connectivity index is 2.18. The van der Waals surface area contributed by atoms with Crippen LogP contribution < -0.4 is 9.47 Å². The van der Waals surface area contributed by atoms with E-state index in [9.17, 15) is 17.6 Å². The third-order valence-electron chi connectivity index (χ3n) is 5.17. The van der Waals surface area contributed by atoms with Gasteiger partial charge in [-0.1, -0.05) is 12.1 Å². The monoisotopic (exact) mass is 454 g/mol. The molecule has 3 aromatic carbocycles. The smallest absolute Gasteiger partial charge is 0.136 e. The SMILES string of the molecule is COc1cc(OC)cc(-c2c(-c3ccccc3F)nnc(C)c2-c2c(F)cc(F)cc2F)c1. The number of nitrogens with zero attached hydrogens (tertiary/aromatic N) is 2. The van der Waals surface area contributed by atoms with Crippen molar-refractivity contribution < 1.29 is 27.0 Å². The van der Waals surface area contributed by atoms with E-state index in [0.717, 1.165) is 0 Å². The second-order valence-corrected chi connectivity index (χ2v) is 7.21. The number of aryl methyl sites for hydroxylation is 1. The van der Waals surface area contributed by atoms with E-state index in [1.54, 1.807) is 24.3 Å². The number of aromatic nitrogens is 2.